The van der Waals surface area contributed by atoms with Crippen molar-refractivity contribution in [3.05, 3.63) is 0 Å². The molecule has 0 aliphatic heterocycles. The average Bonchev–Trinajstić information content (AvgIpc) is 2.82. The number of likely N-dealkylation sites (N-methyl/N-ethyl adjacent to an activating group) is 2. The first kappa shape index (κ1) is 33.7. The van der Waals surface area contributed by atoms with Gasteiger partial charge in [0.1, 0.15) is 26.2 Å². The molecule has 0 saturated heterocycles. The van der Waals surface area contributed by atoms with Crippen LogP contribution in [0, 0.1) is 0 Å². The fraction of sp³-hybridized carbons (Fsp3) is 0.600. The summed E-state index contributed by atoms with van der Waals surface area (Å²) >= 11 is 0. The predicted molar refractivity (Wildman–Crippen MR) is 128 cm³/mol. The van der Waals surface area contributed by atoms with E-state index in [0.717, 1.165) is 9.80 Å². The molecule has 0 aromatic rings. The van der Waals surface area contributed by atoms with Gasteiger partial charge in [-0.05, 0) is 14.1 Å². The summed E-state index contributed by atoms with van der Waals surface area (Å²) in [6, 6.07) is 0. The molecular weight excluding hydrogens is 512 g/mol. The average molecular weight is 547 g/mol. The molecular formula is C20H34N8O10. The van der Waals surface area contributed by atoms with Crippen LogP contribution >= 0.6 is 0 Å². The first-order valence-corrected chi connectivity index (χ1v) is 11.2. The van der Waals surface area contributed by atoms with Gasteiger partial charge in [-0.2, -0.15) is 0 Å². The van der Waals surface area contributed by atoms with E-state index < -0.39 is 86.7 Å². The number of rotatable bonds is 19. The maximum atomic E-state index is 12.2. The molecule has 38 heavy (non-hydrogen) atoms. The van der Waals surface area contributed by atoms with Crippen LogP contribution in [-0.4, -0.2) is 147 Å². The third kappa shape index (κ3) is 16.4. The molecule has 0 fully saturated rings. The van der Waals surface area contributed by atoms with Crippen molar-refractivity contribution in [1.29, 1.82) is 0 Å². The Hall–Kier alpha value is -4.32. The van der Waals surface area contributed by atoms with E-state index in [1.165, 1.54) is 14.1 Å². The van der Waals surface area contributed by atoms with Crippen molar-refractivity contribution in [3.63, 3.8) is 0 Å². The lowest BCUT2D eigenvalue weighted by atomic mass is 10.3. The number of hydrogen-bond acceptors (Lipinski definition) is 10. The molecule has 0 aromatic carbocycles. The van der Waals surface area contributed by atoms with E-state index in [-0.39, 0.29) is 26.2 Å². The second-order valence-corrected chi connectivity index (χ2v) is 7.60. The van der Waals surface area contributed by atoms with Crippen molar-refractivity contribution in [2.75, 3.05) is 79.5 Å². The molecule has 0 bridgehead atoms. The lowest BCUT2D eigenvalue weighted by molar-refractivity contribution is -0.146. The zero-order valence-corrected chi connectivity index (χ0v) is 21.1. The van der Waals surface area contributed by atoms with Gasteiger partial charge >= 0.3 is 11.9 Å². The van der Waals surface area contributed by atoms with Gasteiger partial charge in [-0.3, -0.25) is 38.4 Å². The van der Waals surface area contributed by atoms with Gasteiger partial charge in [0.05, 0.1) is 26.2 Å². The Labute approximate surface area is 217 Å². The summed E-state index contributed by atoms with van der Waals surface area (Å²) in [5.74, 6) is -6.83. The van der Waals surface area contributed by atoms with Crippen LogP contribution in [0.4, 0.5) is 0 Å². The molecule has 0 atom stereocenters. The zero-order valence-electron chi connectivity index (χ0n) is 21.1. The number of carboxylic acids is 2. The van der Waals surface area contributed by atoms with Crippen LogP contribution in [0.25, 0.3) is 0 Å². The van der Waals surface area contributed by atoms with Gasteiger partial charge in [0, 0.05) is 13.1 Å². The number of nitrogens with one attached hydrogen (secondary N) is 6. The van der Waals surface area contributed by atoms with Crippen LogP contribution in [0.1, 0.15) is 0 Å². The monoisotopic (exact) mass is 546 g/mol. The van der Waals surface area contributed by atoms with Crippen molar-refractivity contribution in [2.24, 2.45) is 0 Å². The lowest BCUT2D eigenvalue weighted by Gasteiger charge is -2.21. The van der Waals surface area contributed by atoms with Crippen molar-refractivity contribution in [3.8, 4) is 0 Å². The quantitative estimate of drug-likeness (QED) is 0.0704. The number of hydrogen-bond donors (Lipinski definition) is 8. The summed E-state index contributed by atoms with van der Waals surface area (Å²) in [6.07, 6.45) is 0. The van der Waals surface area contributed by atoms with Crippen molar-refractivity contribution >= 4 is 47.4 Å². The maximum absolute atomic E-state index is 12.2. The minimum Gasteiger partial charge on any atom is -0.480 e. The molecule has 0 aliphatic rings. The third-order valence-corrected chi connectivity index (χ3v) is 4.34. The van der Waals surface area contributed by atoms with E-state index in [0.29, 0.717) is 0 Å². The smallest absolute Gasteiger partial charge is 0.323 e. The van der Waals surface area contributed by atoms with Gasteiger partial charge in [0.15, 0.2) is 0 Å². The van der Waals surface area contributed by atoms with E-state index in [2.05, 4.69) is 31.9 Å². The Morgan fingerprint density at radius 1 is 0.500 bits per heavy atom. The van der Waals surface area contributed by atoms with Crippen LogP contribution in [0.2, 0.25) is 0 Å². The van der Waals surface area contributed by atoms with Crippen LogP contribution in [0.15, 0.2) is 0 Å². The summed E-state index contributed by atoms with van der Waals surface area (Å²) in [6.45, 7) is -4.23. The number of carboxylic acid groups (broad SMARTS) is 2. The molecule has 0 aromatic heterocycles. The molecule has 0 radical (unpaired) electrons. The number of amides is 6. The summed E-state index contributed by atoms with van der Waals surface area (Å²) in [5.41, 5.74) is 0. The molecule has 0 aliphatic carbocycles. The van der Waals surface area contributed by atoms with E-state index >= 15 is 0 Å². The van der Waals surface area contributed by atoms with E-state index in [1.54, 1.807) is 0 Å². The van der Waals surface area contributed by atoms with Crippen LogP contribution in [0.5, 0.6) is 0 Å². The molecule has 18 heteroatoms. The summed E-state index contributed by atoms with van der Waals surface area (Å²) in [7, 11) is 3.04. The molecule has 0 spiro atoms. The largest absolute Gasteiger partial charge is 0.480 e. The predicted octanol–water partition coefficient (Wildman–Crippen LogP) is -6.28. The standard InChI is InChI=1S/C20H34N8O10/c1-21-5-13(29)25-7-17(33)27(11-19(35)36)9-15(31)23-3-4-24-16(32)10-28(12-20(37)38)18(34)8-26-14(30)6-22-2/h21-22H,3-12H2,1-2H3,(H,23,31)(H,24,32)(H,25,29)(H,26,30)(H,35,36)(H,37,38). The van der Waals surface area contributed by atoms with Crippen molar-refractivity contribution in [1.82, 2.24) is 41.7 Å². The molecule has 0 rings (SSSR count). The first-order chi connectivity index (χ1) is 17.9. The lowest BCUT2D eigenvalue weighted by Crippen LogP contribution is -2.49. The normalized spacial score (nSPS) is 10.1. The molecule has 6 amide bonds. The minimum atomic E-state index is -1.37. The fourth-order valence-corrected chi connectivity index (χ4v) is 2.67. The first-order valence-electron chi connectivity index (χ1n) is 11.2. The number of carbonyl (C=O) groups excluding carboxylic acids is 6. The SMILES string of the molecule is CNCC(=O)NCC(=O)N(CC(=O)O)CC(=O)NCCNC(=O)CN(CC(=O)O)C(=O)CNC(=O)CNC. The highest BCUT2D eigenvalue weighted by atomic mass is 16.4. The minimum absolute atomic E-state index is 0.0616. The van der Waals surface area contributed by atoms with Crippen LogP contribution < -0.4 is 31.9 Å². The van der Waals surface area contributed by atoms with Crippen LogP contribution in [0.3, 0.4) is 0 Å². The second kappa shape index (κ2) is 18.9. The highest BCUT2D eigenvalue weighted by molar-refractivity contribution is 5.91. The number of carbonyl (C=O) groups is 8. The zero-order chi connectivity index (χ0) is 29.1. The maximum Gasteiger partial charge on any atom is 0.323 e. The van der Waals surface area contributed by atoms with Crippen molar-refractivity contribution < 1.29 is 48.6 Å². The molecule has 0 saturated carbocycles. The molecule has 8 N–H and O–H groups in total. The Bertz CT molecular complexity index is 812. The second-order valence-electron chi connectivity index (χ2n) is 7.60. The topological polar surface area (TPSA) is 256 Å². The molecule has 18 nitrogen and oxygen atoms in total. The van der Waals surface area contributed by atoms with Crippen LogP contribution in [-0.2, 0) is 38.4 Å². The Morgan fingerprint density at radius 3 is 1.13 bits per heavy atom. The summed E-state index contributed by atoms with van der Waals surface area (Å²) < 4.78 is 0. The Kier molecular flexibility index (Phi) is 16.7. The summed E-state index contributed by atoms with van der Waals surface area (Å²) in [5, 5.41) is 32.4. The van der Waals surface area contributed by atoms with Gasteiger partial charge in [0.25, 0.3) is 0 Å². The van der Waals surface area contributed by atoms with E-state index in [9.17, 15) is 38.4 Å². The Morgan fingerprint density at radius 2 is 0.842 bits per heavy atom. The van der Waals surface area contributed by atoms with Crippen molar-refractivity contribution in [2.45, 2.75) is 0 Å². The van der Waals surface area contributed by atoms with Gasteiger partial charge in [-0.25, -0.2) is 0 Å². The molecule has 0 heterocycles. The van der Waals surface area contributed by atoms with Gasteiger partial charge in [0.2, 0.25) is 35.4 Å². The highest BCUT2D eigenvalue weighted by Gasteiger charge is 2.22. The van der Waals surface area contributed by atoms with Gasteiger partial charge in [-0.15, -0.1) is 0 Å². The molecule has 214 valence electrons. The highest BCUT2D eigenvalue weighted by Crippen LogP contribution is 1.92. The van der Waals surface area contributed by atoms with Gasteiger partial charge in [-0.1, -0.05) is 0 Å². The fourth-order valence-electron chi connectivity index (χ4n) is 2.67. The molecule has 0 unspecified atom stereocenters. The van der Waals surface area contributed by atoms with E-state index in [4.69, 9.17) is 10.2 Å². The third-order valence-electron chi connectivity index (χ3n) is 4.34. The number of nitrogens with zero attached hydrogens (tertiary/aromatic N) is 2. The van der Waals surface area contributed by atoms with E-state index in [1.807, 2.05) is 0 Å². The number of aliphatic carboxylic acids is 2. The van der Waals surface area contributed by atoms with Gasteiger partial charge < -0.3 is 51.9 Å². The summed E-state index contributed by atoms with van der Waals surface area (Å²) in [4.78, 5) is 95.0. The Balaban J connectivity index is 4.65.